The monoisotopic (exact) mass is 299 g/mol. The number of hydrogen-bond donors (Lipinski definition) is 2. The zero-order chi connectivity index (χ0) is 15.8. The molecule has 0 aliphatic rings. The number of rotatable bonds is 6. The number of hydrogen-bond acceptors (Lipinski definition) is 3. The predicted octanol–water partition coefficient (Wildman–Crippen LogP) is 2.89. The summed E-state index contributed by atoms with van der Waals surface area (Å²) in [5, 5.41) is 3.03. The van der Waals surface area contributed by atoms with Crippen molar-refractivity contribution in [2.45, 2.75) is 13.0 Å². The Morgan fingerprint density at radius 2 is 1.86 bits per heavy atom. The van der Waals surface area contributed by atoms with Crippen LogP contribution in [0.4, 0.5) is 5.69 Å². The van der Waals surface area contributed by atoms with Gasteiger partial charge in [0.05, 0.1) is 13.7 Å². The van der Waals surface area contributed by atoms with Crippen molar-refractivity contribution in [3.8, 4) is 11.5 Å². The highest BCUT2D eigenvalue weighted by molar-refractivity contribution is 5.92. The van der Waals surface area contributed by atoms with Gasteiger partial charge in [0.2, 0.25) is 0 Å². The molecule has 0 aromatic heterocycles. The largest absolute Gasteiger partial charge is 0.497 e. The molecule has 5 nitrogen and oxygen atoms in total. The summed E-state index contributed by atoms with van der Waals surface area (Å²) in [5.74, 6) is 1.88. The van der Waals surface area contributed by atoms with Crippen LogP contribution in [0.5, 0.6) is 11.5 Å². The first kappa shape index (κ1) is 15.7. The summed E-state index contributed by atoms with van der Waals surface area (Å²) >= 11 is 0. The van der Waals surface area contributed by atoms with Gasteiger partial charge in [-0.15, -0.1) is 0 Å². The van der Waals surface area contributed by atoms with Gasteiger partial charge in [0.25, 0.3) is 0 Å². The maximum absolute atomic E-state index is 5.86. The number of para-hydroxylation sites is 1. The molecule has 2 rings (SSSR count). The van der Waals surface area contributed by atoms with Crippen molar-refractivity contribution >= 4 is 11.6 Å². The summed E-state index contributed by atoms with van der Waals surface area (Å²) in [7, 11) is 1.63. The predicted molar refractivity (Wildman–Crippen MR) is 89.6 cm³/mol. The van der Waals surface area contributed by atoms with Crippen LogP contribution >= 0.6 is 0 Å². The number of aliphatic imine (C=N–C) groups is 1. The van der Waals surface area contributed by atoms with Gasteiger partial charge in [-0.05, 0) is 31.2 Å². The van der Waals surface area contributed by atoms with Gasteiger partial charge in [0.1, 0.15) is 17.6 Å². The number of nitrogens with zero attached hydrogens (tertiary/aromatic N) is 1. The van der Waals surface area contributed by atoms with Gasteiger partial charge >= 0.3 is 0 Å². The minimum absolute atomic E-state index is 0.0942. The number of ether oxygens (including phenoxy) is 2. The number of nitrogens with one attached hydrogen (secondary N) is 1. The molecule has 0 saturated heterocycles. The fraction of sp³-hybridized carbons (Fsp3) is 0.235. The van der Waals surface area contributed by atoms with E-state index in [0.717, 1.165) is 17.2 Å². The van der Waals surface area contributed by atoms with E-state index in [1.165, 1.54) is 0 Å². The third-order valence-corrected chi connectivity index (χ3v) is 2.94. The van der Waals surface area contributed by atoms with E-state index in [2.05, 4.69) is 10.3 Å². The number of anilines is 1. The third kappa shape index (κ3) is 5.01. The van der Waals surface area contributed by atoms with E-state index in [0.29, 0.717) is 12.5 Å². The third-order valence-electron chi connectivity index (χ3n) is 2.94. The van der Waals surface area contributed by atoms with Gasteiger partial charge in [0.15, 0.2) is 5.96 Å². The molecule has 0 aliphatic heterocycles. The second kappa shape index (κ2) is 7.93. The van der Waals surface area contributed by atoms with E-state index in [4.69, 9.17) is 15.2 Å². The van der Waals surface area contributed by atoms with Crippen LogP contribution < -0.4 is 20.5 Å². The van der Waals surface area contributed by atoms with Crippen LogP contribution in [0.3, 0.4) is 0 Å². The lowest BCUT2D eigenvalue weighted by molar-refractivity contribution is 0.229. The molecule has 2 aromatic carbocycles. The summed E-state index contributed by atoms with van der Waals surface area (Å²) in [6.45, 7) is 2.40. The molecular formula is C17H21N3O2. The Hall–Kier alpha value is -2.69. The first-order chi connectivity index (χ1) is 10.7. The Morgan fingerprint density at radius 3 is 2.59 bits per heavy atom. The molecule has 5 heteroatoms. The number of benzene rings is 2. The van der Waals surface area contributed by atoms with Crippen molar-refractivity contribution in [2.24, 2.45) is 10.7 Å². The molecule has 3 N–H and O–H groups in total. The highest BCUT2D eigenvalue weighted by atomic mass is 16.5. The maximum atomic E-state index is 5.86. The topological polar surface area (TPSA) is 68.9 Å². The van der Waals surface area contributed by atoms with E-state index >= 15 is 0 Å². The molecular weight excluding hydrogens is 278 g/mol. The van der Waals surface area contributed by atoms with Crippen molar-refractivity contribution in [1.29, 1.82) is 0 Å². The minimum Gasteiger partial charge on any atom is -0.497 e. The molecule has 0 fully saturated rings. The van der Waals surface area contributed by atoms with Gasteiger partial charge < -0.3 is 20.5 Å². The summed E-state index contributed by atoms with van der Waals surface area (Å²) < 4.78 is 11.0. The second-order valence-electron chi connectivity index (χ2n) is 4.82. The highest BCUT2D eigenvalue weighted by Gasteiger charge is 2.05. The van der Waals surface area contributed by atoms with Crippen molar-refractivity contribution in [3.05, 3.63) is 54.6 Å². The van der Waals surface area contributed by atoms with Crippen LogP contribution in [-0.4, -0.2) is 25.7 Å². The molecule has 0 heterocycles. The first-order valence-electron chi connectivity index (χ1n) is 7.10. The molecule has 22 heavy (non-hydrogen) atoms. The van der Waals surface area contributed by atoms with E-state index in [-0.39, 0.29) is 6.10 Å². The summed E-state index contributed by atoms with van der Waals surface area (Å²) in [6, 6.07) is 17.2. The van der Waals surface area contributed by atoms with Gasteiger partial charge in [-0.2, -0.15) is 0 Å². The Bertz CT molecular complexity index is 614. The molecule has 0 radical (unpaired) electrons. The average Bonchev–Trinajstić information content (AvgIpc) is 2.54. The molecule has 2 aromatic rings. The van der Waals surface area contributed by atoms with Crippen LogP contribution in [0.25, 0.3) is 0 Å². The second-order valence-corrected chi connectivity index (χ2v) is 4.82. The van der Waals surface area contributed by atoms with Crippen molar-refractivity contribution in [1.82, 2.24) is 0 Å². The number of nitrogens with two attached hydrogens (primary N) is 1. The smallest absolute Gasteiger partial charge is 0.193 e. The summed E-state index contributed by atoms with van der Waals surface area (Å²) in [4.78, 5) is 4.29. The lowest BCUT2D eigenvalue weighted by Gasteiger charge is -2.14. The van der Waals surface area contributed by atoms with E-state index in [1.54, 1.807) is 7.11 Å². The van der Waals surface area contributed by atoms with E-state index in [1.807, 2.05) is 61.5 Å². The van der Waals surface area contributed by atoms with Gasteiger partial charge in [-0.25, -0.2) is 4.99 Å². The highest BCUT2D eigenvalue weighted by Crippen LogP contribution is 2.19. The van der Waals surface area contributed by atoms with Crippen molar-refractivity contribution in [3.63, 3.8) is 0 Å². The van der Waals surface area contributed by atoms with Crippen LogP contribution in [0.2, 0.25) is 0 Å². The molecule has 1 unspecified atom stereocenters. The fourth-order valence-corrected chi connectivity index (χ4v) is 1.88. The zero-order valence-electron chi connectivity index (χ0n) is 12.8. The maximum Gasteiger partial charge on any atom is 0.193 e. The molecule has 116 valence electrons. The first-order valence-corrected chi connectivity index (χ1v) is 7.10. The van der Waals surface area contributed by atoms with E-state index in [9.17, 15) is 0 Å². The van der Waals surface area contributed by atoms with Gasteiger partial charge in [-0.1, -0.05) is 24.3 Å². The molecule has 0 saturated carbocycles. The quantitative estimate of drug-likeness (QED) is 0.635. The van der Waals surface area contributed by atoms with Crippen LogP contribution in [-0.2, 0) is 0 Å². The number of guanidine groups is 1. The van der Waals surface area contributed by atoms with Crippen molar-refractivity contribution < 1.29 is 9.47 Å². The van der Waals surface area contributed by atoms with E-state index < -0.39 is 0 Å². The lowest BCUT2D eigenvalue weighted by atomic mass is 10.3. The molecule has 0 spiro atoms. The SMILES string of the molecule is COc1cccc(OC(C)CN=C(N)Nc2ccccc2)c1. The fourth-order valence-electron chi connectivity index (χ4n) is 1.88. The lowest BCUT2D eigenvalue weighted by Crippen LogP contribution is -2.25. The van der Waals surface area contributed by atoms with Crippen LogP contribution in [0, 0.1) is 0 Å². The average molecular weight is 299 g/mol. The Morgan fingerprint density at radius 1 is 1.14 bits per heavy atom. The Labute approximate surface area is 130 Å². The molecule has 0 bridgehead atoms. The molecule has 0 aliphatic carbocycles. The number of methoxy groups -OCH3 is 1. The molecule has 0 amide bonds. The Balaban J connectivity index is 1.85. The summed E-state index contributed by atoms with van der Waals surface area (Å²) in [5.41, 5.74) is 6.76. The van der Waals surface area contributed by atoms with Gasteiger partial charge in [0, 0.05) is 11.8 Å². The van der Waals surface area contributed by atoms with Crippen LogP contribution in [0.15, 0.2) is 59.6 Å². The minimum atomic E-state index is -0.0942. The van der Waals surface area contributed by atoms with Crippen molar-refractivity contribution in [2.75, 3.05) is 19.0 Å². The standard InChI is InChI=1S/C17H21N3O2/c1-13(22-16-10-6-9-15(11-16)21-2)12-19-17(18)20-14-7-4-3-5-8-14/h3-11,13H,12H2,1-2H3,(H3,18,19,20). The normalized spacial score (nSPS) is 12.5. The van der Waals surface area contributed by atoms with Gasteiger partial charge in [-0.3, -0.25) is 0 Å². The molecule has 1 atom stereocenters. The summed E-state index contributed by atoms with van der Waals surface area (Å²) in [6.07, 6.45) is -0.0942. The Kier molecular flexibility index (Phi) is 5.65. The zero-order valence-corrected chi connectivity index (χ0v) is 12.8. The van der Waals surface area contributed by atoms with Crippen LogP contribution in [0.1, 0.15) is 6.92 Å².